The first-order chi connectivity index (χ1) is 10.3. The monoisotopic (exact) mass is 391 g/mol. The Balaban J connectivity index is 0.00000264. The molecule has 0 fully saturated rings. The molecule has 0 atom stereocenters. The molecule has 1 heterocycles. The van der Waals surface area contributed by atoms with Gasteiger partial charge in [0.05, 0.1) is 10.7 Å². The summed E-state index contributed by atoms with van der Waals surface area (Å²) in [6.07, 6.45) is 0. The molecule has 5 nitrogen and oxygen atoms in total. The molecule has 0 radical (unpaired) electrons. The number of hydrogen-bond donors (Lipinski definition) is 2. The van der Waals surface area contributed by atoms with E-state index < -0.39 is 5.54 Å². The van der Waals surface area contributed by atoms with Gasteiger partial charge in [-0.2, -0.15) is 0 Å². The van der Waals surface area contributed by atoms with Gasteiger partial charge in [0.1, 0.15) is 12.4 Å². The van der Waals surface area contributed by atoms with Crippen LogP contribution < -0.4 is 15.8 Å². The van der Waals surface area contributed by atoms with E-state index in [2.05, 4.69) is 10.3 Å². The highest BCUT2D eigenvalue weighted by molar-refractivity contribution is 7.09. The SMILES string of the molecule is Cc1nc(COc2cccc(C(=O)NCC(C)(C)N)c2)cs1.Cl.Cl. The molecule has 0 aliphatic heterocycles. The zero-order valence-electron chi connectivity index (χ0n) is 13.9. The Bertz CT molecular complexity index is 657. The molecule has 2 rings (SSSR count). The molecule has 0 aliphatic rings. The van der Waals surface area contributed by atoms with Crippen molar-refractivity contribution in [2.75, 3.05) is 6.54 Å². The van der Waals surface area contributed by atoms with Crippen molar-refractivity contribution in [3.63, 3.8) is 0 Å². The van der Waals surface area contributed by atoms with Crippen LogP contribution in [-0.2, 0) is 6.61 Å². The fourth-order valence-electron chi connectivity index (χ4n) is 1.77. The number of halogens is 2. The Labute approximate surface area is 158 Å². The minimum absolute atomic E-state index is 0. The summed E-state index contributed by atoms with van der Waals surface area (Å²) in [4.78, 5) is 16.4. The number of ether oxygens (including phenoxy) is 1. The third-order valence-electron chi connectivity index (χ3n) is 2.85. The molecule has 1 aromatic carbocycles. The summed E-state index contributed by atoms with van der Waals surface area (Å²) >= 11 is 1.59. The van der Waals surface area contributed by atoms with Crippen molar-refractivity contribution in [2.24, 2.45) is 5.73 Å². The van der Waals surface area contributed by atoms with Gasteiger partial charge in [-0.1, -0.05) is 6.07 Å². The average molecular weight is 392 g/mol. The number of carbonyl (C=O) groups is 1. The molecule has 24 heavy (non-hydrogen) atoms. The molecule has 0 saturated carbocycles. The number of benzene rings is 1. The second kappa shape index (κ2) is 9.84. The first-order valence-corrected chi connectivity index (χ1v) is 7.92. The maximum Gasteiger partial charge on any atom is 0.251 e. The van der Waals surface area contributed by atoms with Crippen molar-refractivity contribution in [3.05, 3.63) is 45.9 Å². The minimum Gasteiger partial charge on any atom is -0.487 e. The zero-order chi connectivity index (χ0) is 16.2. The molecule has 2 aromatic rings. The fraction of sp³-hybridized carbons (Fsp3) is 0.375. The molecule has 134 valence electrons. The highest BCUT2D eigenvalue weighted by Crippen LogP contribution is 2.16. The van der Waals surface area contributed by atoms with Gasteiger partial charge in [-0.05, 0) is 39.0 Å². The van der Waals surface area contributed by atoms with Gasteiger partial charge in [0.25, 0.3) is 5.91 Å². The number of carbonyl (C=O) groups excluding carboxylic acids is 1. The van der Waals surface area contributed by atoms with Crippen molar-refractivity contribution in [1.82, 2.24) is 10.3 Å². The van der Waals surface area contributed by atoms with E-state index in [1.54, 1.807) is 29.5 Å². The number of nitrogens with zero attached hydrogens (tertiary/aromatic N) is 1. The van der Waals surface area contributed by atoms with Gasteiger partial charge in [-0.3, -0.25) is 4.79 Å². The van der Waals surface area contributed by atoms with E-state index in [0.29, 0.717) is 24.5 Å². The highest BCUT2D eigenvalue weighted by atomic mass is 35.5. The lowest BCUT2D eigenvalue weighted by Crippen LogP contribution is -2.45. The number of aromatic nitrogens is 1. The second-order valence-electron chi connectivity index (χ2n) is 5.85. The average Bonchev–Trinajstić information content (AvgIpc) is 2.88. The predicted molar refractivity (Wildman–Crippen MR) is 103 cm³/mol. The second-order valence-corrected chi connectivity index (χ2v) is 6.91. The van der Waals surface area contributed by atoms with Gasteiger partial charge in [0.15, 0.2) is 0 Å². The zero-order valence-corrected chi connectivity index (χ0v) is 16.3. The van der Waals surface area contributed by atoms with Gasteiger partial charge in [0, 0.05) is 23.0 Å². The third kappa shape index (κ3) is 7.49. The Morgan fingerprint density at radius 2 is 2.08 bits per heavy atom. The number of hydrogen-bond acceptors (Lipinski definition) is 5. The lowest BCUT2D eigenvalue weighted by Gasteiger charge is -2.19. The van der Waals surface area contributed by atoms with E-state index in [9.17, 15) is 4.79 Å². The minimum atomic E-state index is -0.438. The van der Waals surface area contributed by atoms with E-state index in [1.807, 2.05) is 32.2 Å². The van der Waals surface area contributed by atoms with Crippen molar-refractivity contribution >= 4 is 42.1 Å². The fourth-order valence-corrected chi connectivity index (χ4v) is 2.37. The molecule has 0 unspecified atom stereocenters. The van der Waals surface area contributed by atoms with Crippen LogP contribution in [0.1, 0.15) is 34.9 Å². The Morgan fingerprint density at radius 1 is 1.38 bits per heavy atom. The lowest BCUT2D eigenvalue weighted by atomic mass is 10.1. The van der Waals surface area contributed by atoms with Crippen LogP contribution in [-0.4, -0.2) is 23.0 Å². The number of aryl methyl sites for hydroxylation is 1. The number of nitrogens with two attached hydrogens (primary N) is 1. The van der Waals surface area contributed by atoms with Crippen molar-refractivity contribution in [2.45, 2.75) is 32.9 Å². The molecule has 1 amide bonds. The summed E-state index contributed by atoms with van der Waals surface area (Å²) < 4.78 is 5.68. The van der Waals surface area contributed by atoms with Crippen molar-refractivity contribution in [1.29, 1.82) is 0 Å². The normalized spacial score (nSPS) is 10.3. The summed E-state index contributed by atoms with van der Waals surface area (Å²) in [6, 6.07) is 7.09. The quantitative estimate of drug-likeness (QED) is 0.791. The molecule has 3 N–H and O–H groups in total. The number of thiazole rings is 1. The van der Waals surface area contributed by atoms with Crippen LogP contribution in [0.4, 0.5) is 0 Å². The van der Waals surface area contributed by atoms with E-state index in [1.165, 1.54) is 0 Å². The number of rotatable bonds is 6. The summed E-state index contributed by atoms with van der Waals surface area (Å²) in [6.45, 7) is 6.49. The molecule has 0 spiro atoms. The van der Waals surface area contributed by atoms with Crippen LogP contribution in [0, 0.1) is 6.92 Å². The topological polar surface area (TPSA) is 77.2 Å². The van der Waals surface area contributed by atoms with E-state index in [0.717, 1.165) is 10.7 Å². The molecular formula is C16H23Cl2N3O2S. The molecule has 1 aromatic heterocycles. The van der Waals surface area contributed by atoms with Crippen LogP contribution in [0.2, 0.25) is 0 Å². The van der Waals surface area contributed by atoms with Gasteiger partial charge in [-0.25, -0.2) is 4.98 Å². The third-order valence-corrected chi connectivity index (χ3v) is 3.68. The summed E-state index contributed by atoms with van der Waals surface area (Å²) in [5.74, 6) is 0.485. The van der Waals surface area contributed by atoms with Gasteiger partial charge >= 0.3 is 0 Å². The summed E-state index contributed by atoms with van der Waals surface area (Å²) in [5, 5.41) is 5.79. The van der Waals surface area contributed by atoms with Gasteiger partial charge < -0.3 is 15.8 Å². The largest absolute Gasteiger partial charge is 0.487 e. The van der Waals surface area contributed by atoms with Crippen molar-refractivity contribution in [3.8, 4) is 5.75 Å². The van der Waals surface area contributed by atoms with Crippen LogP contribution in [0.25, 0.3) is 0 Å². The first kappa shape index (κ1) is 22.7. The molecular weight excluding hydrogens is 369 g/mol. The van der Waals surface area contributed by atoms with Crippen LogP contribution >= 0.6 is 36.2 Å². The summed E-state index contributed by atoms with van der Waals surface area (Å²) in [7, 11) is 0. The molecule has 0 aliphatic carbocycles. The molecule has 0 saturated heterocycles. The van der Waals surface area contributed by atoms with Gasteiger partial charge in [0.2, 0.25) is 0 Å². The number of amides is 1. The van der Waals surface area contributed by atoms with Crippen LogP contribution in [0.15, 0.2) is 29.6 Å². The van der Waals surface area contributed by atoms with Crippen molar-refractivity contribution < 1.29 is 9.53 Å². The molecule has 0 bridgehead atoms. The standard InChI is InChI=1S/C16H21N3O2S.2ClH/c1-11-19-13(9-22-11)8-21-14-6-4-5-12(7-14)15(20)18-10-16(2,3)17;;/h4-7,9H,8,10,17H2,1-3H3,(H,18,20);2*1H. The summed E-state index contributed by atoms with van der Waals surface area (Å²) in [5.41, 5.74) is 6.87. The predicted octanol–water partition coefficient (Wildman–Crippen LogP) is 3.34. The van der Waals surface area contributed by atoms with Crippen LogP contribution in [0.3, 0.4) is 0 Å². The lowest BCUT2D eigenvalue weighted by molar-refractivity contribution is 0.0945. The van der Waals surface area contributed by atoms with E-state index in [4.69, 9.17) is 10.5 Å². The van der Waals surface area contributed by atoms with E-state index >= 15 is 0 Å². The Hall–Kier alpha value is -1.34. The maximum atomic E-state index is 12.1. The maximum absolute atomic E-state index is 12.1. The Kier molecular flexibility index (Phi) is 9.29. The highest BCUT2D eigenvalue weighted by Gasteiger charge is 2.13. The Morgan fingerprint density at radius 3 is 2.67 bits per heavy atom. The van der Waals surface area contributed by atoms with Gasteiger partial charge in [-0.15, -0.1) is 36.2 Å². The number of nitrogens with one attached hydrogen (secondary N) is 1. The smallest absolute Gasteiger partial charge is 0.251 e. The molecule has 8 heteroatoms. The van der Waals surface area contributed by atoms with Crippen LogP contribution in [0.5, 0.6) is 5.75 Å². The van der Waals surface area contributed by atoms with E-state index in [-0.39, 0.29) is 30.7 Å². The first-order valence-electron chi connectivity index (χ1n) is 7.04.